The molecule has 2 aliphatic heterocycles. The second-order valence-electron chi connectivity index (χ2n) is 7.51. The Hall–Kier alpha value is -1.90. The quantitative estimate of drug-likeness (QED) is 0.596. The van der Waals surface area contributed by atoms with E-state index in [0.29, 0.717) is 13.2 Å². The van der Waals surface area contributed by atoms with Crippen LogP contribution in [0, 0.1) is 0 Å². The molecule has 0 saturated carbocycles. The van der Waals surface area contributed by atoms with E-state index in [2.05, 4.69) is 0 Å². The summed E-state index contributed by atoms with van der Waals surface area (Å²) >= 11 is 1.59. The molecule has 4 rings (SSSR count). The Bertz CT molecular complexity index is 832. The Balaban J connectivity index is 1.59. The molecule has 31 heavy (non-hydrogen) atoms. The molecule has 0 spiro atoms. The van der Waals surface area contributed by atoms with E-state index in [9.17, 15) is 4.79 Å². The maximum atomic E-state index is 11.9. The van der Waals surface area contributed by atoms with E-state index in [1.807, 2.05) is 67.6 Å². The molecule has 2 saturated heterocycles. The van der Waals surface area contributed by atoms with Crippen LogP contribution in [0.15, 0.2) is 60.7 Å². The van der Waals surface area contributed by atoms with Crippen LogP contribution >= 0.6 is 11.8 Å². The molecule has 2 fully saturated rings. The van der Waals surface area contributed by atoms with E-state index in [-0.39, 0.29) is 17.5 Å². The first-order valence-electron chi connectivity index (χ1n) is 10.6. The minimum atomic E-state index is -0.582. The number of esters is 1. The van der Waals surface area contributed by atoms with Crippen molar-refractivity contribution in [3.63, 3.8) is 0 Å². The van der Waals surface area contributed by atoms with Crippen molar-refractivity contribution in [2.75, 3.05) is 12.4 Å². The zero-order chi connectivity index (χ0) is 21.6. The van der Waals surface area contributed by atoms with Crippen LogP contribution in [-0.2, 0) is 35.1 Å². The predicted molar refractivity (Wildman–Crippen MR) is 117 cm³/mol. The normalized spacial score (nSPS) is 30.4. The van der Waals surface area contributed by atoms with Crippen molar-refractivity contribution in [2.24, 2.45) is 0 Å². The highest BCUT2D eigenvalue weighted by atomic mass is 32.2. The topological polar surface area (TPSA) is 63.2 Å². The molecular weight excluding hydrogens is 416 g/mol. The Morgan fingerprint density at radius 3 is 2.42 bits per heavy atom. The standard InChI is InChI=1S/C24H28O6S/c1-3-31-24-22(28-16(2)25)21(26-14-17-10-6-4-7-11-17)20-19(29-24)15-27-23(30-20)18-12-8-5-9-13-18/h4-13,19-24H,3,14-15H2,1-2H3/t19?,20-,21-,22+,23?,24?/m1/s1. The molecule has 2 aromatic carbocycles. The summed E-state index contributed by atoms with van der Waals surface area (Å²) in [5.74, 6) is 0.452. The van der Waals surface area contributed by atoms with Gasteiger partial charge in [-0.2, -0.15) is 0 Å². The first kappa shape index (κ1) is 22.3. The molecule has 6 atom stereocenters. The van der Waals surface area contributed by atoms with E-state index in [1.165, 1.54) is 6.92 Å². The first-order valence-corrected chi connectivity index (χ1v) is 11.6. The zero-order valence-corrected chi connectivity index (χ0v) is 18.5. The molecule has 166 valence electrons. The van der Waals surface area contributed by atoms with Crippen molar-refractivity contribution in [1.29, 1.82) is 0 Å². The molecule has 2 heterocycles. The molecule has 0 N–H and O–H groups in total. The highest BCUT2D eigenvalue weighted by Crippen LogP contribution is 2.39. The van der Waals surface area contributed by atoms with Gasteiger partial charge in [0.15, 0.2) is 12.4 Å². The van der Waals surface area contributed by atoms with Gasteiger partial charge in [-0.25, -0.2) is 0 Å². The van der Waals surface area contributed by atoms with Crippen LogP contribution in [0.4, 0.5) is 0 Å². The zero-order valence-electron chi connectivity index (χ0n) is 17.7. The van der Waals surface area contributed by atoms with Crippen molar-refractivity contribution in [3.05, 3.63) is 71.8 Å². The van der Waals surface area contributed by atoms with Gasteiger partial charge in [0.1, 0.15) is 23.7 Å². The average Bonchev–Trinajstić information content (AvgIpc) is 2.79. The monoisotopic (exact) mass is 444 g/mol. The van der Waals surface area contributed by atoms with E-state index in [4.69, 9.17) is 23.7 Å². The summed E-state index contributed by atoms with van der Waals surface area (Å²) < 4.78 is 30.7. The van der Waals surface area contributed by atoms with E-state index >= 15 is 0 Å². The summed E-state index contributed by atoms with van der Waals surface area (Å²) in [7, 11) is 0. The van der Waals surface area contributed by atoms with Crippen LogP contribution in [0.2, 0.25) is 0 Å². The lowest BCUT2D eigenvalue weighted by molar-refractivity contribution is -0.326. The Labute approximate surface area is 187 Å². The molecule has 0 radical (unpaired) electrons. The largest absolute Gasteiger partial charge is 0.456 e. The van der Waals surface area contributed by atoms with Gasteiger partial charge in [-0.1, -0.05) is 67.6 Å². The SMILES string of the molecule is CCSC1OC2COC(c3ccccc3)O[C@H]2[C@@H](OCc2ccccc2)[C@@H]1OC(C)=O. The Morgan fingerprint density at radius 2 is 1.74 bits per heavy atom. The summed E-state index contributed by atoms with van der Waals surface area (Å²) in [5.41, 5.74) is 1.62. The van der Waals surface area contributed by atoms with Crippen LogP contribution < -0.4 is 0 Å². The van der Waals surface area contributed by atoms with Gasteiger partial charge in [0.25, 0.3) is 0 Å². The van der Waals surface area contributed by atoms with E-state index < -0.39 is 24.6 Å². The van der Waals surface area contributed by atoms with Gasteiger partial charge in [-0.15, -0.1) is 11.8 Å². The molecule has 2 aromatic rings. The lowest BCUT2D eigenvalue weighted by atomic mass is 9.98. The number of ether oxygens (including phenoxy) is 5. The smallest absolute Gasteiger partial charge is 0.303 e. The second kappa shape index (κ2) is 10.6. The third-order valence-corrected chi connectivity index (χ3v) is 6.32. The van der Waals surface area contributed by atoms with Crippen LogP contribution in [0.1, 0.15) is 31.3 Å². The number of carbonyl (C=O) groups excluding carboxylic acids is 1. The highest BCUT2D eigenvalue weighted by Gasteiger charge is 2.52. The number of carbonyl (C=O) groups is 1. The molecule has 0 bridgehead atoms. The third kappa shape index (κ3) is 5.48. The fraction of sp³-hybridized carbons (Fsp3) is 0.458. The minimum Gasteiger partial charge on any atom is -0.456 e. The number of thioether (sulfide) groups is 1. The molecular formula is C24H28O6S. The van der Waals surface area contributed by atoms with Crippen LogP contribution in [0.3, 0.4) is 0 Å². The number of hydrogen-bond donors (Lipinski definition) is 0. The summed E-state index contributed by atoms with van der Waals surface area (Å²) in [6.45, 7) is 4.22. The van der Waals surface area contributed by atoms with Crippen molar-refractivity contribution in [3.8, 4) is 0 Å². The average molecular weight is 445 g/mol. The van der Waals surface area contributed by atoms with Crippen molar-refractivity contribution in [2.45, 2.75) is 56.6 Å². The molecule has 0 aliphatic carbocycles. The fourth-order valence-corrected chi connectivity index (χ4v) is 4.85. The lowest BCUT2D eigenvalue weighted by Gasteiger charge is -2.48. The van der Waals surface area contributed by atoms with Crippen LogP contribution in [-0.4, -0.2) is 48.2 Å². The number of hydrogen-bond acceptors (Lipinski definition) is 7. The molecule has 3 unspecified atom stereocenters. The summed E-state index contributed by atoms with van der Waals surface area (Å²) in [6.07, 6.45) is -2.33. The Kier molecular flexibility index (Phi) is 7.63. The maximum Gasteiger partial charge on any atom is 0.303 e. The van der Waals surface area contributed by atoms with Gasteiger partial charge in [-0.3, -0.25) is 4.79 Å². The van der Waals surface area contributed by atoms with Crippen molar-refractivity contribution >= 4 is 17.7 Å². The van der Waals surface area contributed by atoms with Crippen molar-refractivity contribution in [1.82, 2.24) is 0 Å². The van der Waals surface area contributed by atoms with Gasteiger partial charge in [0.2, 0.25) is 0 Å². The molecule has 7 heteroatoms. The van der Waals surface area contributed by atoms with Gasteiger partial charge in [-0.05, 0) is 11.3 Å². The molecule has 0 amide bonds. The number of benzene rings is 2. The summed E-state index contributed by atoms with van der Waals surface area (Å²) in [6, 6.07) is 19.7. The fourth-order valence-electron chi connectivity index (χ4n) is 3.90. The second-order valence-corrected chi connectivity index (χ2v) is 8.89. The summed E-state index contributed by atoms with van der Waals surface area (Å²) in [4.78, 5) is 11.9. The van der Waals surface area contributed by atoms with Crippen LogP contribution in [0.25, 0.3) is 0 Å². The number of fused-ring (bicyclic) bond motifs is 1. The minimum absolute atomic E-state index is 0.309. The summed E-state index contributed by atoms with van der Waals surface area (Å²) in [5, 5.41) is 0. The first-order chi connectivity index (χ1) is 15.2. The molecule has 6 nitrogen and oxygen atoms in total. The van der Waals surface area contributed by atoms with E-state index in [1.54, 1.807) is 11.8 Å². The lowest BCUT2D eigenvalue weighted by Crippen LogP contribution is -2.62. The highest BCUT2D eigenvalue weighted by molar-refractivity contribution is 7.99. The maximum absolute atomic E-state index is 11.9. The molecule has 0 aromatic heterocycles. The van der Waals surface area contributed by atoms with Gasteiger partial charge in [0.05, 0.1) is 13.2 Å². The number of rotatable bonds is 7. The third-order valence-electron chi connectivity index (χ3n) is 5.27. The van der Waals surface area contributed by atoms with Gasteiger partial charge >= 0.3 is 5.97 Å². The van der Waals surface area contributed by atoms with Crippen LogP contribution in [0.5, 0.6) is 0 Å². The van der Waals surface area contributed by atoms with E-state index in [0.717, 1.165) is 16.9 Å². The van der Waals surface area contributed by atoms with Gasteiger partial charge < -0.3 is 23.7 Å². The van der Waals surface area contributed by atoms with Gasteiger partial charge in [0, 0.05) is 12.5 Å². The van der Waals surface area contributed by atoms with Crippen molar-refractivity contribution < 1.29 is 28.5 Å². The Morgan fingerprint density at radius 1 is 1.03 bits per heavy atom. The molecule has 2 aliphatic rings. The predicted octanol–water partition coefficient (Wildman–Crippen LogP) is 4.10.